The molecule has 1 atom stereocenters. The van der Waals surface area contributed by atoms with Crippen LogP contribution in [0.3, 0.4) is 0 Å². The van der Waals surface area contributed by atoms with Crippen LogP contribution in [-0.4, -0.2) is 16.8 Å². The van der Waals surface area contributed by atoms with Crippen molar-refractivity contribution in [1.29, 1.82) is 0 Å². The fourth-order valence-electron chi connectivity index (χ4n) is 2.93. The van der Waals surface area contributed by atoms with Gasteiger partial charge in [-0.1, -0.05) is 47.5 Å². The number of anilines is 1. The summed E-state index contributed by atoms with van der Waals surface area (Å²) in [5, 5.41) is 6.23. The van der Waals surface area contributed by atoms with Gasteiger partial charge < -0.3 is 10.6 Å². The quantitative estimate of drug-likeness (QED) is 0.710. The van der Waals surface area contributed by atoms with Crippen molar-refractivity contribution in [2.75, 3.05) is 5.32 Å². The van der Waals surface area contributed by atoms with Gasteiger partial charge in [0, 0.05) is 5.39 Å². The number of carbonyl (C=O) groups excluding carboxylic acids is 2. The van der Waals surface area contributed by atoms with Crippen LogP contribution < -0.4 is 10.6 Å². The van der Waals surface area contributed by atoms with E-state index in [-0.39, 0.29) is 6.04 Å². The van der Waals surface area contributed by atoms with Crippen molar-refractivity contribution in [3.63, 3.8) is 0 Å². The molecule has 0 bridgehead atoms. The normalized spacial score (nSPS) is 11.8. The highest BCUT2D eigenvalue weighted by Crippen LogP contribution is 2.18. The number of hydrogen-bond donors (Lipinski definition) is 2. The third-order valence-electron chi connectivity index (χ3n) is 4.15. The van der Waals surface area contributed by atoms with Crippen molar-refractivity contribution in [1.82, 2.24) is 10.3 Å². The van der Waals surface area contributed by atoms with Gasteiger partial charge in [-0.05, 0) is 38.5 Å². The van der Waals surface area contributed by atoms with Crippen LogP contribution in [0.25, 0.3) is 10.9 Å². The SMILES string of the molecule is Cc1cc(C)cc(C(C)NC(=O)C(=O)Nc2cnc3ccccc3c2)c1. The second-order valence-corrected chi connectivity index (χ2v) is 6.49. The van der Waals surface area contributed by atoms with Gasteiger partial charge in [0.2, 0.25) is 0 Å². The topological polar surface area (TPSA) is 71.1 Å². The number of amides is 2. The number of carbonyl (C=O) groups is 2. The molecule has 5 heteroatoms. The highest BCUT2D eigenvalue weighted by molar-refractivity contribution is 6.39. The molecule has 132 valence electrons. The van der Waals surface area contributed by atoms with Crippen LogP contribution in [0.15, 0.2) is 54.7 Å². The zero-order chi connectivity index (χ0) is 18.7. The molecule has 0 saturated carbocycles. The largest absolute Gasteiger partial charge is 0.341 e. The van der Waals surface area contributed by atoms with Gasteiger partial charge in [0.05, 0.1) is 23.4 Å². The molecule has 0 aliphatic heterocycles. The van der Waals surface area contributed by atoms with E-state index in [1.165, 1.54) is 0 Å². The molecule has 0 aliphatic carbocycles. The summed E-state index contributed by atoms with van der Waals surface area (Å²) in [5.41, 5.74) is 4.53. The molecule has 2 aromatic carbocycles. The summed E-state index contributed by atoms with van der Waals surface area (Å²) in [7, 11) is 0. The summed E-state index contributed by atoms with van der Waals surface area (Å²) in [6.45, 7) is 5.87. The second kappa shape index (κ2) is 7.35. The van der Waals surface area contributed by atoms with E-state index in [9.17, 15) is 9.59 Å². The Hall–Kier alpha value is -3.21. The molecule has 2 amide bonds. The molecule has 0 spiro atoms. The van der Waals surface area contributed by atoms with E-state index in [1.807, 2.05) is 57.2 Å². The Labute approximate surface area is 152 Å². The number of benzene rings is 2. The standard InChI is InChI=1S/C21H21N3O2/c1-13-8-14(2)10-17(9-13)15(3)23-20(25)21(26)24-18-11-16-6-4-5-7-19(16)22-12-18/h4-12,15H,1-3H3,(H,23,25)(H,24,26). The lowest BCUT2D eigenvalue weighted by Crippen LogP contribution is -2.37. The van der Waals surface area contributed by atoms with E-state index in [0.29, 0.717) is 5.69 Å². The van der Waals surface area contributed by atoms with E-state index in [0.717, 1.165) is 27.6 Å². The molecular weight excluding hydrogens is 326 g/mol. The number of hydrogen-bond acceptors (Lipinski definition) is 3. The van der Waals surface area contributed by atoms with Crippen molar-refractivity contribution < 1.29 is 9.59 Å². The number of fused-ring (bicyclic) bond motifs is 1. The first-order valence-corrected chi connectivity index (χ1v) is 8.47. The maximum absolute atomic E-state index is 12.2. The number of pyridine rings is 1. The maximum Gasteiger partial charge on any atom is 0.313 e. The van der Waals surface area contributed by atoms with Gasteiger partial charge in [-0.2, -0.15) is 0 Å². The molecule has 1 heterocycles. The summed E-state index contributed by atoms with van der Waals surface area (Å²) < 4.78 is 0. The van der Waals surface area contributed by atoms with Gasteiger partial charge in [0.15, 0.2) is 0 Å². The first kappa shape index (κ1) is 17.6. The summed E-state index contributed by atoms with van der Waals surface area (Å²) in [4.78, 5) is 28.7. The van der Waals surface area contributed by atoms with Crippen molar-refractivity contribution in [3.8, 4) is 0 Å². The Bertz CT molecular complexity index is 962. The van der Waals surface area contributed by atoms with Crippen LogP contribution in [-0.2, 0) is 9.59 Å². The molecule has 3 rings (SSSR count). The van der Waals surface area contributed by atoms with Crippen molar-refractivity contribution in [2.24, 2.45) is 0 Å². The molecule has 0 saturated heterocycles. The number of rotatable bonds is 3. The number of nitrogens with zero attached hydrogens (tertiary/aromatic N) is 1. The molecule has 1 unspecified atom stereocenters. The average Bonchev–Trinajstić information content (AvgIpc) is 2.60. The Morgan fingerprint density at radius 2 is 1.65 bits per heavy atom. The van der Waals surface area contributed by atoms with Crippen molar-refractivity contribution >= 4 is 28.4 Å². The monoisotopic (exact) mass is 347 g/mol. The summed E-state index contributed by atoms with van der Waals surface area (Å²) in [5.74, 6) is -1.39. The Balaban J connectivity index is 1.67. The number of aromatic nitrogens is 1. The predicted molar refractivity (Wildman–Crippen MR) is 103 cm³/mol. The Morgan fingerprint density at radius 3 is 2.38 bits per heavy atom. The summed E-state index contributed by atoms with van der Waals surface area (Å²) >= 11 is 0. The van der Waals surface area contributed by atoms with E-state index >= 15 is 0 Å². The average molecular weight is 347 g/mol. The van der Waals surface area contributed by atoms with E-state index in [4.69, 9.17) is 0 Å². The minimum atomic E-state index is -0.710. The molecule has 5 nitrogen and oxygen atoms in total. The molecule has 0 aliphatic rings. The lowest BCUT2D eigenvalue weighted by molar-refractivity contribution is -0.136. The molecule has 3 aromatic rings. The zero-order valence-electron chi connectivity index (χ0n) is 15.0. The van der Waals surface area contributed by atoms with E-state index in [2.05, 4.69) is 21.7 Å². The maximum atomic E-state index is 12.2. The van der Waals surface area contributed by atoms with Crippen LogP contribution in [0.1, 0.15) is 29.7 Å². The minimum Gasteiger partial charge on any atom is -0.341 e. The summed E-state index contributed by atoms with van der Waals surface area (Å²) in [6.07, 6.45) is 1.54. The molecule has 0 radical (unpaired) electrons. The van der Waals surface area contributed by atoms with Crippen LogP contribution in [0, 0.1) is 13.8 Å². The van der Waals surface area contributed by atoms with Crippen LogP contribution in [0.2, 0.25) is 0 Å². The van der Waals surface area contributed by atoms with Gasteiger partial charge in [0.1, 0.15) is 0 Å². The molecular formula is C21H21N3O2. The van der Waals surface area contributed by atoms with Gasteiger partial charge in [-0.15, -0.1) is 0 Å². The van der Waals surface area contributed by atoms with Crippen molar-refractivity contribution in [2.45, 2.75) is 26.8 Å². The lowest BCUT2D eigenvalue weighted by Gasteiger charge is -2.15. The molecule has 26 heavy (non-hydrogen) atoms. The third kappa shape index (κ3) is 4.06. The highest BCUT2D eigenvalue weighted by Gasteiger charge is 2.18. The van der Waals surface area contributed by atoms with Gasteiger partial charge in [-0.3, -0.25) is 14.6 Å². The first-order chi connectivity index (χ1) is 12.4. The van der Waals surface area contributed by atoms with E-state index < -0.39 is 11.8 Å². The van der Waals surface area contributed by atoms with Crippen LogP contribution in [0.4, 0.5) is 5.69 Å². The number of para-hydroxylation sites is 1. The van der Waals surface area contributed by atoms with Crippen LogP contribution in [0.5, 0.6) is 0 Å². The third-order valence-corrected chi connectivity index (χ3v) is 4.15. The fourth-order valence-corrected chi connectivity index (χ4v) is 2.93. The minimum absolute atomic E-state index is 0.262. The smallest absolute Gasteiger partial charge is 0.313 e. The predicted octanol–water partition coefficient (Wildman–Crippen LogP) is 3.67. The van der Waals surface area contributed by atoms with Gasteiger partial charge >= 0.3 is 11.8 Å². The molecule has 2 N–H and O–H groups in total. The van der Waals surface area contributed by atoms with Gasteiger partial charge in [-0.25, -0.2) is 0 Å². The summed E-state index contributed by atoms with van der Waals surface area (Å²) in [6, 6.07) is 15.2. The van der Waals surface area contributed by atoms with E-state index in [1.54, 1.807) is 12.3 Å². The van der Waals surface area contributed by atoms with Crippen molar-refractivity contribution in [3.05, 3.63) is 71.4 Å². The fraction of sp³-hybridized carbons (Fsp3) is 0.190. The molecule has 0 fully saturated rings. The lowest BCUT2D eigenvalue weighted by atomic mass is 10.0. The number of nitrogens with one attached hydrogen (secondary N) is 2. The Morgan fingerprint density at radius 1 is 0.962 bits per heavy atom. The zero-order valence-corrected chi connectivity index (χ0v) is 15.0. The first-order valence-electron chi connectivity index (χ1n) is 8.47. The number of aryl methyl sites for hydroxylation is 2. The Kier molecular flexibility index (Phi) is 4.98. The highest BCUT2D eigenvalue weighted by atomic mass is 16.2. The van der Waals surface area contributed by atoms with Crippen LogP contribution >= 0.6 is 0 Å². The molecule has 1 aromatic heterocycles. The second-order valence-electron chi connectivity index (χ2n) is 6.49. The van der Waals surface area contributed by atoms with Gasteiger partial charge in [0.25, 0.3) is 0 Å².